The van der Waals surface area contributed by atoms with Gasteiger partial charge in [-0.3, -0.25) is 4.68 Å². The molecule has 0 aromatic carbocycles. The summed E-state index contributed by atoms with van der Waals surface area (Å²) in [7, 11) is 0. The van der Waals surface area contributed by atoms with Gasteiger partial charge in [-0.2, -0.15) is 5.10 Å². The van der Waals surface area contributed by atoms with Gasteiger partial charge in [-0.15, -0.1) is 0 Å². The number of rotatable bonds is 4. The fraction of sp³-hybridized carbons (Fsp3) is 0.800. The van der Waals surface area contributed by atoms with Crippen molar-refractivity contribution in [1.29, 1.82) is 0 Å². The molecule has 0 spiro atoms. The van der Waals surface area contributed by atoms with Crippen LogP contribution >= 0.6 is 0 Å². The predicted octanol–water partition coefficient (Wildman–Crippen LogP) is 3.38. The molecule has 0 saturated heterocycles. The lowest BCUT2D eigenvalue weighted by atomic mass is 9.80. The van der Waals surface area contributed by atoms with Gasteiger partial charge in [0.2, 0.25) is 0 Å². The molecule has 1 N–H and O–H groups in total. The zero-order valence-corrected chi connectivity index (χ0v) is 12.2. The van der Waals surface area contributed by atoms with Crippen LogP contribution < -0.4 is 5.32 Å². The molecular weight excluding hydrogens is 222 g/mol. The summed E-state index contributed by atoms with van der Waals surface area (Å²) in [6.07, 6.45) is 8.18. The maximum absolute atomic E-state index is 4.56. The molecular formula is C15H27N3. The predicted molar refractivity (Wildman–Crippen MR) is 75.4 cm³/mol. The van der Waals surface area contributed by atoms with Crippen molar-refractivity contribution in [2.45, 2.75) is 65.6 Å². The summed E-state index contributed by atoms with van der Waals surface area (Å²) in [6.45, 7) is 10.0. The maximum atomic E-state index is 4.56. The van der Waals surface area contributed by atoms with E-state index in [0.29, 0.717) is 12.1 Å². The number of hydrogen-bond donors (Lipinski definition) is 1. The first kappa shape index (κ1) is 13.6. The number of hydrogen-bond acceptors (Lipinski definition) is 2. The molecule has 2 atom stereocenters. The van der Waals surface area contributed by atoms with Gasteiger partial charge < -0.3 is 5.32 Å². The van der Waals surface area contributed by atoms with E-state index >= 15 is 0 Å². The van der Waals surface area contributed by atoms with E-state index in [-0.39, 0.29) is 0 Å². The minimum Gasteiger partial charge on any atom is -0.310 e. The molecule has 3 nitrogen and oxygen atoms in total. The van der Waals surface area contributed by atoms with Gasteiger partial charge in [0, 0.05) is 24.3 Å². The van der Waals surface area contributed by atoms with Crippen LogP contribution in [0.4, 0.5) is 0 Å². The molecule has 0 aliphatic heterocycles. The van der Waals surface area contributed by atoms with Crippen molar-refractivity contribution in [3.05, 3.63) is 18.0 Å². The third kappa shape index (κ3) is 3.58. The normalized spacial score (nSPS) is 28.8. The Morgan fingerprint density at radius 3 is 2.56 bits per heavy atom. The van der Waals surface area contributed by atoms with Crippen LogP contribution in [0.3, 0.4) is 0 Å². The lowest BCUT2D eigenvalue weighted by Crippen LogP contribution is -2.23. The highest BCUT2D eigenvalue weighted by molar-refractivity contribution is 5.04. The van der Waals surface area contributed by atoms with Crippen molar-refractivity contribution in [2.75, 3.05) is 0 Å². The average molecular weight is 249 g/mol. The van der Waals surface area contributed by atoms with Gasteiger partial charge in [-0.05, 0) is 31.1 Å². The van der Waals surface area contributed by atoms with Crippen LogP contribution in [0.15, 0.2) is 12.4 Å². The summed E-state index contributed by atoms with van der Waals surface area (Å²) in [5, 5.41) is 8.01. The third-order valence-corrected chi connectivity index (χ3v) is 3.90. The fourth-order valence-corrected chi connectivity index (χ4v) is 3.11. The Kier molecular flexibility index (Phi) is 4.44. The number of aromatic nitrogens is 2. The SMILES string of the molecule is CC1CC(C)CC(n2cc(CNC(C)C)cn2)C1. The lowest BCUT2D eigenvalue weighted by molar-refractivity contribution is 0.210. The quantitative estimate of drug-likeness (QED) is 0.886. The summed E-state index contributed by atoms with van der Waals surface area (Å²) < 4.78 is 2.20. The zero-order chi connectivity index (χ0) is 13.1. The van der Waals surface area contributed by atoms with Crippen LogP contribution in [0, 0.1) is 11.8 Å². The lowest BCUT2D eigenvalue weighted by Gasteiger charge is -2.31. The van der Waals surface area contributed by atoms with Crippen molar-refractivity contribution < 1.29 is 0 Å². The van der Waals surface area contributed by atoms with E-state index in [2.05, 4.69) is 49.0 Å². The second-order valence-electron chi connectivity index (χ2n) is 6.44. The fourth-order valence-electron chi connectivity index (χ4n) is 3.11. The topological polar surface area (TPSA) is 29.9 Å². The van der Waals surface area contributed by atoms with Crippen LogP contribution in [0.2, 0.25) is 0 Å². The van der Waals surface area contributed by atoms with Gasteiger partial charge in [0.15, 0.2) is 0 Å². The van der Waals surface area contributed by atoms with Gasteiger partial charge in [0.05, 0.1) is 12.2 Å². The van der Waals surface area contributed by atoms with Crippen molar-refractivity contribution in [3.63, 3.8) is 0 Å². The molecule has 1 aliphatic carbocycles. The van der Waals surface area contributed by atoms with Gasteiger partial charge >= 0.3 is 0 Å². The standard InChI is InChI=1S/C15H27N3/c1-11(2)16-8-14-9-17-18(10-14)15-6-12(3)5-13(4)7-15/h9-13,15-16H,5-8H2,1-4H3. The molecule has 3 heteroatoms. The Labute approximate surface area is 111 Å². The van der Waals surface area contributed by atoms with Crippen LogP contribution in [0.1, 0.15) is 58.6 Å². The average Bonchev–Trinajstić information content (AvgIpc) is 2.73. The van der Waals surface area contributed by atoms with Crippen LogP contribution in [0.25, 0.3) is 0 Å². The monoisotopic (exact) mass is 249 g/mol. The van der Waals surface area contributed by atoms with Gasteiger partial charge in [0.25, 0.3) is 0 Å². The molecule has 2 rings (SSSR count). The van der Waals surface area contributed by atoms with Crippen molar-refractivity contribution in [2.24, 2.45) is 11.8 Å². The Balaban J connectivity index is 1.96. The smallest absolute Gasteiger partial charge is 0.0534 e. The molecule has 1 heterocycles. The molecule has 2 unspecified atom stereocenters. The zero-order valence-electron chi connectivity index (χ0n) is 12.2. The Hall–Kier alpha value is -0.830. The molecule has 1 aliphatic rings. The van der Waals surface area contributed by atoms with E-state index in [9.17, 15) is 0 Å². The summed E-state index contributed by atoms with van der Waals surface area (Å²) in [6, 6.07) is 1.14. The number of nitrogens with zero attached hydrogens (tertiary/aromatic N) is 2. The highest BCUT2D eigenvalue weighted by atomic mass is 15.3. The summed E-state index contributed by atoms with van der Waals surface area (Å²) in [5.41, 5.74) is 1.30. The molecule has 18 heavy (non-hydrogen) atoms. The van der Waals surface area contributed by atoms with Crippen molar-refractivity contribution >= 4 is 0 Å². The first-order chi connectivity index (χ1) is 8.54. The molecule has 1 aromatic heterocycles. The van der Waals surface area contributed by atoms with Gasteiger partial charge in [-0.1, -0.05) is 27.7 Å². The summed E-state index contributed by atoms with van der Waals surface area (Å²) in [5.74, 6) is 1.67. The van der Waals surface area contributed by atoms with Gasteiger partial charge in [-0.25, -0.2) is 0 Å². The molecule has 0 radical (unpaired) electrons. The van der Waals surface area contributed by atoms with E-state index in [0.717, 1.165) is 18.4 Å². The second kappa shape index (κ2) is 5.87. The van der Waals surface area contributed by atoms with Crippen LogP contribution in [-0.2, 0) is 6.54 Å². The van der Waals surface area contributed by atoms with Crippen molar-refractivity contribution in [3.8, 4) is 0 Å². The Morgan fingerprint density at radius 1 is 1.28 bits per heavy atom. The van der Waals surface area contributed by atoms with E-state index in [1.165, 1.54) is 24.8 Å². The molecule has 1 saturated carbocycles. The minimum absolute atomic E-state index is 0.531. The van der Waals surface area contributed by atoms with Crippen LogP contribution in [0.5, 0.6) is 0 Å². The summed E-state index contributed by atoms with van der Waals surface area (Å²) >= 11 is 0. The molecule has 1 fully saturated rings. The Morgan fingerprint density at radius 2 is 1.94 bits per heavy atom. The largest absolute Gasteiger partial charge is 0.310 e. The van der Waals surface area contributed by atoms with Gasteiger partial charge in [0.1, 0.15) is 0 Å². The minimum atomic E-state index is 0.531. The molecule has 102 valence electrons. The van der Waals surface area contributed by atoms with Crippen LogP contribution in [-0.4, -0.2) is 15.8 Å². The Bertz CT molecular complexity index is 360. The van der Waals surface area contributed by atoms with E-state index < -0.39 is 0 Å². The highest BCUT2D eigenvalue weighted by Crippen LogP contribution is 2.35. The highest BCUT2D eigenvalue weighted by Gasteiger charge is 2.25. The summed E-state index contributed by atoms with van der Waals surface area (Å²) in [4.78, 5) is 0. The molecule has 0 bridgehead atoms. The van der Waals surface area contributed by atoms with Crippen molar-refractivity contribution in [1.82, 2.24) is 15.1 Å². The van der Waals surface area contributed by atoms with E-state index in [4.69, 9.17) is 0 Å². The second-order valence-corrected chi connectivity index (χ2v) is 6.44. The van der Waals surface area contributed by atoms with E-state index in [1.54, 1.807) is 0 Å². The first-order valence-electron chi connectivity index (χ1n) is 7.31. The first-order valence-corrected chi connectivity index (χ1v) is 7.31. The third-order valence-electron chi connectivity index (χ3n) is 3.90. The van der Waals surface area contributed by atoms with E-state index in [1.807, 2.05) is 6.20 Å². The molecule has 1 aromatic rings. The maximum Gasteiger partial charge on any atom is 0.0534 e. The number of nitrogens with one attached hydrogen (secondary N) is 1. The molecule has 0 amide bonds.